The number of carbonyl (C=O) groups is 2. The number of nitrogens with zero attached hydrogens (tertiary/aromatic N) is 1. The summed E-state index contributed by atoms with van der Waals surface area (Å²) in [5.41, 5.74) is 1.64. The number of halogens is 1. The first-order valence-corrected chi connectivity index (χ1v) is 11.0. The predicted molar refractivity (Wildman–Crippen MR) is 122 cm³/mol. The Bertz CT molecular complexity index is 1010. The van der Waals surface area contributed by atoms with E-state index in [9.17, 15) is 9.59 Å². The molecule has 2 N–H and O–H groups in total. The fraction of sp³-hybridized carbons (Fsp3) is 0.333. The van der Waals surface area contributed by atoms with Gasteiger partial charge in [0.2, 0.25) is 0 Å². The Morgan fingerprint density at radius 3 is 2.81 bits per heavy atom. The fourth-order valence-electron chi connectivity index (χ4n) is 3.90. The summed E-state index contributed by atoms with van der Waals surface area (Å²) < 4.78 is 5.76. The van der Waals surface area contributed by atoms with Gasteiger partial charge in [0.1, 0.15) is 0 Å². The molecule has 2 aromatic rings. The molecule has 31 heavy (non-hydrogen) atoms. The second-order valence-electron chi connectivity index (χ2n) is 7.93. The van der Waals surface area contributed by atoms with Crippen molar-refractivity contribution in [2.75, 3.05) is 25.0 Å². The number of anilines is 1. The third-order valence-corrected chi connectivity index (χ3v) is 6.08. The molecule has 1 saturated heterocycles. The zero-order valence-corrected chi connectivity index (χ0v) is 18.2. The highest BCUT2D eigenvalue weighted by Crippen LogP contribution is 2.33. The number of hydrogen-bond donors (Lipinski definition) is 2. The maximum Gasteiger partial charge on any atom is 0.291 e. The fourth-order valence-corrected chi connectivity index (χ4v) is 4.09. The van der Waals surface area contributed by atoms with E-state index >= 15 is 0 Å². The Balaban J connectivity index is 1.39. The summed E-state index contributed by atoms with van der Waals surface area (Å²) in [5, 5.41) is 6.30. The van der Waals surface area contributed by atoms with Gasteiger partial charge in [-0.1, -0.05) is 29.8 Å². The highest BCUT2D eigenvalue weighted by molar-refractivity contribution is 6.32. The number of nitrogens with one attached hydrogen (secondary N) is 2. The second kappa shape index (κ2) is 9.54. The van der Waals surface area contributed by atoms with Gasteiger partial charge in [-0.2, -0.15) is 0 Å². The quantitative estimate of drug-likeness (QED) is 0.658. The normalized spacial score (nSPS) is 18.3. The standard InChI is InChI=1S/C24H26ClN3O3/c1-16(28-12-4-5-13-28)10-11-26-23(29)18-8-9-21-20(14-18)27-24(30)22(31-21)15-17-6-2-3-7-19(17)25/h2-3,6-9,14-16H,4-5,10-13H2,1H3,(H,26,29)(H,27,30)/b22-15-. The molecule has 1 fully saturated rings. The average molecular weight is 440 g/mol. The number of fused-ring (bicyclic) bond motifs is 1. The zero-order chi connectivity index (χ0) is 21.8. The molecule has 6 nitrogen and oxygen atoms in total. The van der Waals surface area contributed by atoms with E-state index in [1.807, 2.05) is 12.1 Å². The molecule has 1 unspecified atom stereocenters. The molecule has 0 aromatic heterocycles. The minimum absolute atomic E-state index is 0.147. The Kier molecular flexibility index (Phi) is 6.59. The molecule has 2 amide bonds. The van der Waals surface area contributed by atoms with E-state index in [1.54, 1.807) is 36.4 Å². The first kappa shape index (κ1) is 21.4. The van der Waals surface area contributed by atoms with Gasteiger partial charge in [0, 0.05) is 23.2 Å². The Morgan fingerprint density at radius 2 is 2.03 bits per heavy atom. The highest BCUT2D eigenvalue weighted by atomic mass is 35.5. The largest absolute Gasteiger partial charge is 0.449 e. The van der Waals surface area contributed by atoms with Crippen molar-refractivity contribution in [1.82, 2.24) is 10.2 Å². The molecule has 2 aliphatic rings. The predicted octanol–water partition coefficient (Wildman–Crippen LogP) is 4.32. The summed E-state index contributed by atoms with van der Waals surface area (Å²) >= 11 is 6.17. The van der Waals surface area contributed by atoms with Crippen LogP contribution in [0.1, 0.15) is 42.1 Å². The molecule has 162 valence electrons. The van der Waals surface area contributed by atoms with E-state index in [0.29, 0.717) is 40.2 Å². The Labute approximate surface area is 187 Å². The van der Waals surface area contributed by atoms with Crippen molar-refractivity contribution in [2.24, 2.45) is 0 Å². The van der Waals surface area contributed by atoms with Gasteiger partial charge in [-0.05, 0) is 75.2 Å². The van der Waals surface area contributed by atoms with Crippen LogP contribution in [0.2, 0.25) is 5.02 Å². The number of rotatable bonds is 6. The lowest BCUT2D eigenvalue weighted by atomic mass is 10.1. The molecule has 4 rings (SSSR count). The number of likely N-dealkylation sites (tertiary alicyclic amines) is 1. The minimum atomic E-state index is -0.385. The van der Waals surface area contributed by atoms with E-state index in [2.05, 4.69) is 22.5 Å². The van der Waals surface area contributed by atoms with Crippen LogP contribution in [0.4, 0.5) is 5.69 Å². The van der Waals surface area contributed by atoms with E-state index in [1.165, 1.54) is 12.8 Å². The van der Waals surface area contributed by atoms with Gasteiger partial charge in [-0.3, -0.25) is 9.59 Å². The summed E-state index contributed by atoms with van der Waals surface area (Å²) in [5.74, 6) is 0.0818. The number of ether oxygens (including phenoxy) is 1. The van der Waals surface area contributed by atoms with Crippen molar-refractivity contribution >= 4 is 35.2 Å². The lowest BCUT2D eigenvalue weighted by molar-refractivity contribution is -0.115. The minimum Gasteiger partial charge on any atom is -0.449 e. The molecular weight excluding hydrogens is 414 g/mol. The molecule has 7 heteroatoms. The SMILES string of the molecule is CC(CCNC(=O)c1ccc2c(c1)NC(=O)/C(=C/c1ccccc1Cl)O2)N1CCCC1. The monoisotopic (exact) mass is 439 g/mol. The van der Waals surface area contributed by atoms with E-state index in [-0.39, 0.29) is 17.6 Å². The first-order valence-electron chi connectivity index (χ1n) is 10.6. The van der Waals surface area contributed by atoms with E-state index < -0.39 is 0 Å². The van der Waals surface area contributed by atoms with Crippen LogP contribution in [0.5, 0.6) is 5.75 Å². The molecule has 0 saturated carbocycles. The maximum atomic E-state index is 12.6. The van der Waals surface area contributed by atoms with Crippen LogP contribution in [0.3, 0.4) is 0 Å². The van der Waals surface area contributed by atoms with Gasteiger partial charge in [0.05, 0.1) is 5.69 Å². The van der Waals surface area contributed by atoms with Gasteiger partial charge in [0.25, 0.3) is 11.8 Å². The molecule has 0 spiro atoms. The number of amides is 2. The first-order chi connectivity index (χ1) is 15.0. The van der Waals surface area contributed by atoms with Gasteiger partial charge in [0.15, 0.2) is 11.5 Å². The Morgan fingerprint density at radius 1 is 1.26 bits per heavy atom. The average Bonchev–Trinajstić information content (AvgIpc) is 3.30. The topological polar surface area (TPSA) is 70.7 Å². The summed E-state index contributed by atoms with van der Waals surface area (Å²) in [6, 6.07) is 12.7. The Hall–Kier alpha value is -2.83. The van der Waals surface area contributed by atoms with Crippen molar-refractivity contribution in [3.8, 4) is 5.75 Å². The van der Waals surface area contributed by atoms with E-state index in [4.69, 9.17) is 16.3 Å². The molecule has 1 atom stereocenters. The highest BCUT2D eigenvalue weighted by Gasteiger charge is 2.24. The summed E-state index contributed by atoms with van der Waals surface area (Å²) in [6.07, 6.45) is 5.03. The molecular formula is C24H26ClN3O3. The van der Waals surface area contributed by atoms with E-state index in [0.717, 1.165) is 19.5 Å². The van der Waals surface area contributed by atoms with Crippen LogP contribution in [0.15, 0.2) is 48.2 Å². The molecule has 2 heterocycles. The lowest BCUT2D eigenvalue weighted by Gasteiger charge is -2.23. The number of hydrogen-bond acceptors (Lipinski definition) is 4. The lowest BCUT2D eigenvalue weighted by Crippen LogP contribution is -2.34. The summed E-state index contributed by atoms with van der Waals surface area (Å²) in [4.78, 5) is 27.5. The van der Waals surface area contributed by atoms with Gasteiger partial charge < -0.3 is 20.3 Å². The third-order valence-electron chi connectivity index (χ3n) is 5.74. The van der Waals surface area contributed by atoms with Crippen molar-refractivity contribution in [3.63, 3.8) is 0 Å². The van der Waals surface area contributed by atoms with Crippen molar-refractivity contribution in [2.45, 2.75) is 32.2 Å². The smallest absolute Gasteiger partial charge is 0.291 e. The maximum absolute atomic E-state index is 12.6. The third kappa shape index (κ3) is 5.09. The molecule has 0 aliphatic carbocycles. The summed E-state index contributed by atoms with van der Waals surface area (Å²) in [7, 11) is 0. The van der Waals surface area contributed by atoms with Crippen molar-refractivity contribution in [3.05, 3.63) is 64.4 Å². The molecule has 0 radical (unpaired) electrons. The molecule has 2 aliphatic heterocycles. The van der Waals surface area contributed by atoms with Crippen molar-refractivity contribution in [1.29, 1.82) is 0 Å². The second-order valence-corrected chi connectivity index (χ2v) is 8.34. The van der Waals surface area contributed by atoms with Gasteiger partial charge >= 0.3 is 0 Å². The van der Waals surface area contributed by atoms with Crippen LogP contribution in [-0.2, 0) is 4.79 Å². The number of benzene rings is 2. The van der Waals surface area contributed by atoms with Crippen LogP contribution in [0.25, 0.3) is 6.08 Å². The molecule has 2 aromatic carbocycles. The van der Waals surface area contributed by atoms with Crippen LogP contribution < -0.4 is 15.4 Å². The summed E-state index contributed by atoms with van der Waals surface area (Å²) in [6.45, 7) is 5.11. The van der Waals surface area contributed by atoms with Crippen LogP contribution in [-0.4, -0.2) is 42.4 Å². The van der Waals surface area contributed by atoms with Crippen molar-refractivity contribution < 1.29 is 14.3 Å². The van der Waals surface area contributed by atoms with Gasteiger partial charge in [-0.25, -0.2) is 0 Å². The number of carbonyl (C=O) groups excluding carboxylic acids is 2. The van der Waals surface area contributed by atoms with Gasteiger partial charge in [-0.15, -0.1) is 0 Å². The van der Waals surface area contributed by atoms with Crippen LogP contribution >= 0.6 is 11.6 Å². The molecule has 0 bridgehead atoms. The zero-order valence-electron chi connectivity index (χ0n) is 17.5. The van der Waals surface area contributed by atoms with Crippen LogP contribution in [0, 0.1) is 0 Å².